The molecule has 2 rings (SSSR count). The van der Waals surface area contributed by atoms with Crippen LogP contribution in [0, 0.1) is 20.8 Å². The van der Waals surface area contributed by atoms with Crippen LogP contribution < -0.4 is 10.6 Å². The molecular formula is C16H18N2OS. The second-order valence-electron chi connectivity index (χ2n) is 4.85. The summed E-state index contributed by atoms with van der Waals surface area (Å²) in [5, 5.41) is 16.5. The lowest BCUT2D eigenvalue weighted by Gasteiger charge is -2.14. The molecule has 0 aliphatic heterocycles. The van der Waals surface area contributed by atoms with E-state index in [4.69, 9.17) is 12.2 Å². The Bertz CT molecular complexity index is 653. The number of phenols is 1. The van der Waals surface area contributed by atoms with Crippen molar-refractivity contribution in [2.75, 3.05) is 10.6 Å². The molecule has 104 valence electrons. The number of hydrogen-bond donors (Lipinski definition) is 3. The average Bonchev–Trinajstić information content (AvgIpc) is 2.38. The number of thiocarbonyl (C=S) groups is 1. The van der Waals surface area contributed by atoms with E-state index in [9.17, 15) is 5.11 Å². The topological polar surface area (TPSA) is 44.3 Å². The Morgan fingerprint density at radius 2 is 1.70 bits per heavy atom. The Morgan fingerprint density at radius 1 is 1.00 bits per heavy atom. The third-order valence-electron chi connectivity index (χ3n) is 3.25. The van der Waals surface area contributed by atoms with Gasteiger partial charge in [0.05, 0.1) is 5.69 Å². The molecule has 2 aromatic carbocycles. The summed E-state index contributed by atoms with van der Waals surface area (Å²) >= 11 is 5.28. The third-order valence-corrected chi connectivity index (χ3v) is 3.46. The van der Waals surface area contributed by atoms with E-state index in [1.165, 1.54) is 5.56 Å². The maximum Gasteiger partial charge on any atom is 0.175 e. The Kier molecular flexibility index (Phi) is 4.25. The van der Waals surface area contributed by atoms with Crippen LogP contribution in [-0.2, 0) is 0 Å². The van der Waals surface area contributed by atoms with Crippen molar-refractivity contribution in [1.29, 1.82) is 0 Å². The lowest BCUT2D eigenvalue weighted by Crippen LogP contribution is -2.19. The Labute approximate surface area is 124 Å². The first-order valence-corrected chi connectivity index (χ1v) is 6.82. The number of anilines is 2. The Balaban J connectivity index is 2.11. The first-order chi connectivity index (χ1) is 9.47. The van der Waals surface area contributed by atoms with Crippen molar-refractivity contribution in [3.8, 4) is 5.75 Å². The van der Waals surface area contributed by atoms with Gasteiger partial charge in [-0.3, -0.25) is 0 Å². The van der Waals surface area contributed by atoms with Gasteiger partial charge in [0.15, 0.2) is 5.11 Å². The lowest BCUT2D eigenvalue weighted by molar-refractivity contribution is 0.477. The molecule has 0 aliphatic rings. The SMILES string of the molecule is Cc1ccc(NC(=S)Nc2cccc(C)c2C)c(O)c1. The zero-order valence-electron chi connectivity index (χ0n) is 11.8. The first-order valence-electron chi connectivity index (χ1n) is 6.41. The summed E-state index contributed by atoms with van der Waals surface area (Å²) in [6.45, 7) is 6.03. The summed E-state index contributed by atoms with van der Waals surface area (Å²) < 4.78 is 0. The van der Waals surface area contributed by atoms with E-state index in [-0.39, 0.29) is 5.75 Å². The fourth-order valence-corrected chi connectivity index (χ4v) is 2.13. The standard InChI is InChI=1S/C16H18N2OS/c1-10-7-8-14(15(19)9-10)18-16(20)17-13-6-4-5-11(2)12(13)3/h4-9,19H,1-3H3,(H2,17,18,20). The van der Waals surface area contributed by atoms with E-state index in [0.717, 1.165) is 16.8 Å². The van der Waals surface area contributed by atoms with Crippen LogP contribution in [0.2, 0.25) is 0 Å². The number of hydrogen-bond acceptors (Lipinski definition) is 2. The van der Waals surface area contributed by atoms with Crippen LogP contribution in [-0.4, -0.2) is 10.2 Å². The molecule has 0 radical (unpaired) electrons. The maximum absolute atomic E-state index is 9.86. The zero-order valence-corrected chi connectivity index (χ0v) is 12.6. The monoisotopic (exact) mass is 286 g/mol. The van der Waals surface area contributed by atoms with E-state index in [1.54, 1.807) is 6.07 Å². The summed E-state index contributed by atoms with van der Waals surface area (Å²) in [6, 6.07) is 11.4. The van der Waals surface area contributed by atoms with Crippen molar-refractivity contribution in [2.24, 2.45) is 0 Å². The fourth-order valence-electron chi connectivity index (χ4n) is 1.91. The first kappa shape index (κ1) is 14.3. The van der Waals surface area contributed by atoms with E-state index >= 15 is 0 Å². The van der Waals surface area contributed by atoms with E-state index in [2.05, 4.69) is 23.6 Å². The number of rotatable bonds is 2. The molecule has 0 saturated carbocycles. The largest absolute Gasteiger partial charge is 0.506 e. The minimum absolute atomic E-state index is 0.190. The molecular weight excluding hydrogens is 268 g/mol. The van der Waals surface area contributed by atoms with Gasteiger partial charge in [-0.2, -0.15) is 0 Å². The van der Waals surface area contributed by atoms with Gasteiger partial charge in [-0.15, -0.1) is 0 Å². The summed E-state index contributed by atoms with van der Waals surface area (Å²) in [7, 11) is 0. The molecule has 0 saturated heterocycles. The highest BCUT2D eigenvalue weighted by Gasteiger charge is 2.06. The van der Waals surface area contributed by atoms with Crippen LogP contribution in [0.15, 0.2) is 36.4 Å². The van der Waals surface area contributed by atoms with Crippen molar-refractivity contribution in [1.82, 2.24) is 0 Å². The molecule has 0 aliphatic carbocycles. The summed E-state index contributed by atoms with van der Waals surface area (Å²) in [5.74, 6) is 0.190. The van der Waals surface area contributed by atoms with Gasteiger partial charge >= 0.3 is 0 Å². The minimum Gasteiger partial charge on any atom is -0.506 e. The molecule has 0 spiro atoms. The van der Waals surface area contributed by atoms with Gasteiger partial charge in [-0.05, 0) is 67.9 Å². The molecule has 3 N–H and O–H groups in total. The van der Waals surface area contributed by atoms with Crippen LogP contribution in [0.3, 0.4) is 0 Å². The van der Waals surface area contributed by atoms with Crippen molar-refractivity contribution in [3.05, 3.63) is 53.1 Å². The van der Waals surface area contributed by atoms with E-state index < -0.39 is 0 Å². The van der Waals surface area contributed by atoms with Crippen LogP contribution in [0.5, 0.6) is 5.75 Å². The normalized spacial score (nSPS) is 10.2. The van der Waals surface area contributed by atoms with Gasteiger partial charge in [0.1, 0.15) is 5.75 Å². The second-order valence-corrected chi connectivity index (χ2v) is 5.26. The van der Waals surface area contributed by atoms with E-state index in [1.807, 2.05) is 38.1 Å². The average molecular weight is 286 g/mol. The molecule has 0 fully saturated rings. The number of aryl methyl sites for hydroxylation is 2. The number of aromatic hydroxyl groups is 1. The summed E-state index contributed by atoms with van der Waals surface area (Å²) in [5.41, 5.74) is 4.93. The van der Waals surface area contributed by atoms with Gasteiger partial charge in [0, 0.05) is 5.69 Å². The lowest BCUT2D eigenvalue weighted by atomic mass is 10.1. The van der Waals surface area contributed by atoms with Gasteiger partial charge in [0.2, 0.25) is 0 Å². The fraction of sp³-hybridized carbons (Fsp3) is 0.188. The van der Waals surface area contributed by atoms with Crippen molar-refractivity contribution in [3.63, 3.8) is 0 Å². The number of phenolic OH excluding ortho intramolecular Hbond substituents is 1. The molecule has 0 amide bonds. The van der Waals surface area contributed by atoms with Crippen LogP contribution in [0.1, 0.15) is 16.7 Å². The van der Waals surface area contributed by atoms with Crippen molar-refractivity contribution >= 4 is 28.7 Å². The van der Waals surface area contributed by atoms with Gasteiger partial charge in [-0.25, -0.2) is 0 Å². The third kappa shape index (κ3) is 3.27. The predicted molar refractivity (Wildman–Crippen MR) is 88.6 cm³/mol. The zero-order chi connectivity index (χ0) is 14.7. The Hall–Kier alpha value is -2.07. The van der Waals surface area contributed by atoms with Crippen molar-refractivity contribution in [2.45, 2.75) is 20.8 Å². The molecule has 0 aromatic heterocycles. The molecule has 2 aromatic rings. The molecule has 0 heterocycles. The molecule has 3 nitrogen and oxygen atoms in total. The smallest absolute Gasteiger partial charge is 0.175 e. The minimum atomic E-state index is 0.190. The van der Waals surface area contributed by atoms with Gasteiger partial charge in [-0.1, -0.05) is 18.2 Å². The van der Waals surface area contributed by atoms with Crippen LogP contribution >= 0.6 is 12.2 Å². The summed E-state index contributed by atoms with van der Waals surface area (Å²) in [4.78, 5) is 0. The Morgan fingerprint density at radius 3 is 2.40 bits per heavy atom. The molecule has 0 atom stereocenters. The number of benzene rings is 2. The van der Waals surface area contributed by atoms with Crippen LogP contribution in [0.25, 0.3) is 0 Å². The van der Waals surface area contributed by atoms with E-state index in [0.29, 0.717) is 10.8 Å². The maximum atomic E-state index is 9.86. The highest BCUT2D eigenvalue weighted by atomic mass is 32.1. The summed E-state index contributed by atoms with van der Waals surface area (Å²) in [6.07, 6.45) is 0. The highest BCUT2D eigenvalue weighted by molar-refractivity contribution is 7.80. The molecule has 0 unspecified atom stereocenters. The number of nitrogens with one attached hydrogen (secondary N) is 2. The second kappa shape index (κ2) is 5.92. The van der Waals surface area contributed by atoms with Crippen molar-refractivity contribution < 1.29 is 5.11 Å². The quantitative estimate of drug-likeness (QED) is 0.574. The predicted octanol–water partition coefficient (Wildman–Crippen LogP) is 4.13. The highest BCUT2D eigenvalue weighted by Crippen LogP contribution is 2.24. The molecule has 4 heteroatoms. The van der Waals surface area contributed by atoms with Gasteiger partial charge < -0.3 is 15.7 Å². The molecule has 0 bridgehead atoms. The van der Waals surface area contributed by atoms with Gasteiger partial charge in [0.25, 0.3) is 0 Å². The molecule has 20 heavy (non-hydrogen) atoms. The van der Waals surface area contributed by atoms with Crippen LogP contribution in [0.4, 0.5) is 11.4 Å².